The number of anilines is 1. The third kappa shape index (κ3) is 3.22. The topological polar surface area (TPSA) is 29.3 Å². The Morgan fingerprint density at radius 1 is 1.47 bits per heavy atom. The predicted octanol–water partition coefficient (Wildman–Crippen LogP) is 2.98. The molecule has 0 saturated carbocycles. The van der Waals surface area contributed by atoms with Crippen molar-refractivity contribution < 1.29 is 9.53 Å². The van der Waals surface area contributed by atoms with Gasteiger partial charge in [0.25, 0.3) is 0 Å². The number of carbonyl (C=O) groups excluding carboxylic acids is 1. The lowest BCUT2D eigenvalue weighted by atomic mass is 10.2. The van der Waals surface area contributed by atoms with Crippen LogP contribution < -0.4 is 4.90 Å². The number of nitrogens with zero attached hydrogens (tertiary/aromatic N) is 1. The van der Waals surface area contributed by atoms with E-state index in [9.17, 15) is 4.79 Å². The summed E-state index contributed by atoms with van der Waals surface area (Å²) in [6, 6.07) is 7.81. The molecule has 0 aliphatic carbocycles. The molecule has 4 heteroatoms. The van der Waals surface area contributed by atoms with Crippen LogP contribution >= 0.6 is 15.9 Å². The number of hydrogen-bond acceptors (Lipinski definition) is 3. The lowest BCUT2D eigenvalue weighted by molar-refractivity contribution is -0.153. The van der Waals surface area contributed by atoms with Crippen molar-refractivity contribution in [2.75, 3.05) is 11.4 Å². The van der Waals surface area contributed by atoms with Crippen LogP contribution in [0, 0.1) is 0 Å². The van der Waals surface area contributed by atoms with Gasteiger partial charge in [0.15, 0.2) is 0 Å². The maximum absolute atomic E-state index is 11.8. The Bertz CT molecular complexity index is 439. The average molecular weight is 298 g/mol. The molecule has 0 spiro atoms. The Kier molecular flexibility index (Phi) is 3.17. The van der Waals surface area contributed by atoms with Gasteiger partial charge in [-0.1, -0.05) is 22.0 Å². The summed E-state index contributed by atoms with van der Waals surface area (Å²) in [5.41, 5.74) is 0.637. The molecule has 0 radical (unpaired) electrons. The quantitative estimate of drug-likeness (QED) is 0.621. The molecule has 0 bridgehead atoms. The molecule has 1 aromatic carbocycles. The summed E-state index contributed by atoms with van der Waals surface area (Å²) >= 11 is 3.42. The molecule has 1 aliphatic heterocycles. The fraction of sp³-hybridized carbons (Fsp3) is 0.462. The smallest absolute Gasteiger partial charge is 0.331 e. The number of halogens is 1. The predicted molar refractivity (Wildman–Crippen MR) is 71.1 cm³/mol. The van der Waals surface area contributed by atoms with Crippen LogP contribution in [0.3, 0.4) is 0 Å². The van der Waals surface area contributed by atoms with Crippen molar-refractivity contribution in [3.05, 3.63) is 28.7 Å². The SMILES string of the molecule is CC(C)(C)OC(=O)[C@@H]1CN1c1cccc(Br)c1. The summed E-state index contributed by atoms with van der Waals surface area (Å²) in [4.78, 5) is 13.8. The fourth-order valence-corrected chi connectivity index (χ4v) is 2.04. The second kappa shape index (κ2) is 4.33. The molecule has 92 valence electrons. The van der Waals surface area contributed by atoms with Crippen molar-refractivity contribution in [2.24, 2.45) is 0 Å². The molecular weight excluding hydrogens is 282 g/mol. The van der Waals surface area contributed by atoms with Crippen LogP contribution in [0.2, 0.25) is 0 Å². The van der Waals surface area contributed by atoms with Crippen molar-refractivity contribution in [2.45, 2.75) is 32.4 Å². The Hall–Kier alpha value is -1.03. The summed E-state index contributed by atoms with van der Waals surface area (Å²) in [5.74, 6) is -0.141. The van der Waals surface area contributed by atoms with Gasteiger partial charge in [-0.3, -0.25) is 0 Å². The molecule has 1 atom stereocenters. The molecule has 0 N–H and O–H groups in total. The van der Waals surface area contributed by atoms with Crippen LogP contribution in [-0.2, 0) is 9.53 Å². The van der Waals surface area contributed by atoms with E-state index in [1.807, 2.05) is 49.9 Å². The van der Waals surface area contributed by atoms with E-state index in [1.54, 1.807) is 0 Å². The lowest BCUT2D eigenvalue weighted by Crippen LogP contribution is -2.28. The molecule has 2 rings (SSSR count). The highest BCUT2D eigenvalue weighted by Crippen LogP contribution is 2.31. The van der Waals surface area contributed by atoms with Gasteiger partial charge in [0.05, 0.1) is 6.54 Å². The molecule has 17 heavy (non-hydrogen) atoms. The second-order valence-electron chi connectivity index (χ2n) is 5.18. The zero-order chi connectivity index (χ0) is 12.6. The minimum absolute atomic E-state index is 0.122. The molecule has 1 fully saturated rings. The zero-order valence-electron chi connectivity index (χ0n) is 10.2. The molecular formula is C13H16BrNO2. The Labute approximate surface area is 110 Å². The number of rotatable bonds is 2. The highest BCUT2D eigenvalue weighted by atomic mass is 79.9. The molecule has 1 heterocycles. The number of hydrogen-bond donors (Lipinski definition) is 0. The van der Waals surface area contributed by atoms with Gasteiger partial charge >= 0.3 is 5.97 Å². The largest absolute Gasteiger partial charge is 0.458 e. The van der Waals surface area contributed by atoms with Crippen molar-refractivity contribution >= 4 is 27.6 Å². The van der Waals surface area contributed by atoms with Gasteiger partial charge in [0.1, 0.15) is 11.6 Å². The Morgan fingerprint density at radius 3 is 2.76 bits per heavy atom. The molecule has 0 aromatic heterocycles. The molecule has 0 amide bonds. The van der Waals surface area contributed by atoms with Crippen molar-refractivity contribution in [3.63, 3.8) is 0 Å². The van der Waals surface area contributed by atoms with E-state index in [4.69, 9.17) is 4.74 Å². The lowest BCUT2D eigenvalue weighted by Gasteiger charge is -2.19. The maximum atomic E-state index is 11.8. The third-order valence-electron chi connectivity index (χ3n) is 2.43. The first-order valence-electron chi connectivity index (χ1n) is 5.62. The first-order chi connectivity index (χ1) is 7.87. The fourth-order valence-electron chi connectivity index (χ4n) is 1.65. The Balaban J connectivity index is 1.99. The van der Waals surface area contributed by atoms with Crippen LogP contribution in [-0.4, -0.2) is 24.2 Å². The summed E-state index contributed by atoms with van der Waals surface area (Å²) in [6.07, 6.45) is 0. The number of benzene rings is 1. The van der Waals surface area contributed by atoms with Gasteiger partial charge < -0.3 is 9.64 Å². The molecule has 1 aliphatic rings. The minimum atomic E-state index is -0.414. The van der Waals surface area contributed by atoms with Gasteiger partial charge in [0.2, 0.25) is 0 Å². The van der Waals surface area contributed by atoms with E-state index in [1.165, 1.54) is 0 Å². The van der Waals surface area contributed by atoms with Gasteiger partial charge in [-0.2, -0.15) is 0 Å². The molecule has 1 saturated heterocycles. The van der Waals surface area contributed by atoms with Crippen LogP contribution in [0.5, 0.6) is 0 Å². The highest BCUT2D eigenvalue weighted by Gasteiger charge is 2.43. The number of esters is 1. The van der Waals surface area contributed by atoms with Crippen LogP contribution in [0.15, 0.2) is 28.7 Å². The van der Waals surface area contributed by atoms with Gasteiger partial charge in [-0.15, -0.1) is 0 Å². The van der Waals surface area contributed by atoms with E-state index >= 15 is 0 Å². The van der Waals surface area contributed by atoms with E-state index in [2.05, 4.69) is 15.9 Å². The van der Waals surface area contributed by atoms with Gasteiger partial charge in [-0.25, -0.2) is 4.79 Å². The molecule has 0 unspecified atom stereocenters. The molecule has 3 nitrogen and oxygen atoms in total. The van der Waals surface area contributed by atoms with E-state index in [-0.39, 0.29) is 12.0 Å². The summed E-state index contributed by atoms with van der Waals surface area (Å²) in [6.45, 7) is 6.40. The van der Waals surface area contributed by atoms with E-state index < -0.39 is 5.60 Å². The Morgan fingerprint density at radius 2 is 2.18 bits per heavy atom. The van der Waals surface area contributed by atoms with Gasteiger partial charge in [0, 0.05) is 10.2 Å². The zero-order valence-corrected chi connectivity index (χ0v) is 11.8. The van der Waals surface area contributed by atoms with Crippen molar-refractivity contribution in [3.8, 4) is 0 Å². The van der Waals surface area contributed by atoms with Crippen molar-refractivity contribution in [1.29, 1.82) is 0 Å². The maximum Gasteiger partial charge on any atom is 0.331 e. The van der Waals surface area contributed by atoms with Crippen molar-refractivity contribution in [1.82, 2.24) is 0 Å². The van der Waals surface area contributed by atoms with Crippen LogP contribution in [0.25, 0.3) is 0 Å². The number of carbonyl (C=O) groups is 1. The minimum Gasteiger partial charge on any atom is -0.458 e. The number of ether oxygens (including phenoxy) is 1. The monoisotopic (exact) mass is 297 g/mol. The standard InChI is InChI=1S/C13H16BrNO2/c1-13(2,3)17-12(16)11-8-15(11)10-6-4-5-9(14)7-10/h4-7,11H,8H2,1-3H3/t11-,15?/m0/s1. The van der Waals surface area contributed by atoms with Crippen LogP contribution in [0.4, 0.5) is 5.69 Å². The van der Waals surface area contributed by atoms with E-state index in [0.29, 0.717) is 0 Å². The highest BCUT2D eigenvalue weighted by molar-refractivity contribution is 9.10. The second-order valence-corrected chi connectivity index (χ2v) is 6.10. The molecule has 1 aromatic rings. The van der Waals surface area contributed by atoms with Gasteiger partial charge in [-0.05, 0) is 39.0 Å². The first kappa shape index (κ1) is 12.4. The normalized spacial score (nSPS) is 19.1. The third-order valence-corrected chi connectivity index (χ3v) is 2.92. The average Bonchev–Trinajstić information content (AvgIpc) is 2.94. The summed E-state index contributed by atoms with van der Waals surface area (Å²) < 4.78 is 6.37. The first-order valence-corrected chi connectivity index (χ1v) is 6.41. The summed E-state index contributed by atoms with van der Waals surface area (Å²) in [5, 5.41) is 0. The van der Waals surface area contributed by atoms with E-state index in [0.717, 1.165) is 16.7 Å². The van der Waals surface area contributed by atoms with Crippen LogP contribution in [0.1, 0.15) is 20.8 Å². The summed E-state index contributed by atoms with van der Waals surface area (Å²) in [7, 11) is 0.